The highest BCUT2D eigenvalue weighted by Crippen LogP contribution is 2.19. The molecule has 0 saturated heterocycles. The third-order valence-corrected chi connectivity index (χ3v) is 4.12. The second kappa shape index (κ2) is 6.78. The highest BCUT2D eigenvalue weighted by Gasteiger charge is 2.13. The van der Waals surface area contributed by atoms with Crippen molar-refractivity contribution in [2.75, 3.05) is 0 Å². The van der Waals surface area contributed by atoms with Gasteiger partial charge in [-0.2, -0.15) is 0 Å². The van der Waals surface area contributed by atoms with E-state index in [9.17, 15) is 4.79 Å². The zero-order chi connectivity index (χ0) is 16.3. The first-order chi connectivity index (χ1) is 10.4. The minimum atomic E-state index is 0.0267. The van der Waals surface area contributed by atoms with Crippen LogP contribution in [0, 0.1) is 27.7 Å². The van der Waals surface area contributed by atoms with Crippen LogP contribution in [0.4, 0.5) is 0 Å². The van der Waals surface area contributed by atoms with Gasteiger partial charge < -0.3 is 5.32 Å². The van der Waals surface area contributed by atoms with Crippen LogP contribution in [-0.4, -0.2) is 5.91 Å². The lowest BCUT2D eigenvalue weighted by Crippen LogP contribution is -2.28. The number of aryl methyl sites for hydroxylation is 4. The highest BCUT2D eigenvalue weighted by molar-refractivity contribution is 5.79. The summed E-state index contributed by atoms with van der Waals surface area (Å²) in [6.45, 7) is 10.3. The minimum Gasteiger partial charge on any atom is -0.349 e. The number of benzene rings is 2. The maximum Gasteiger partial charge on any atom is 0.224 e. The first kappa shape index (κ1) is 16.3. The molecule has 0 spiro atoms. The van der Waals surface area contributed by atoms with Gasteiger partial charge in [0, 0.05) is 0 Å². The van der Waals surface area contributed by atoms with Crippen molar-refractivity contribution in [3.63, 3.8) is 0 Å². The molecule has 0 aliphatic heterocycles. The maximum absolute atomic E-state index is 12.3. The maximum atomic E-state index is 12.3. The van der Waals surface area contributed by atoms with E-state index in [1.54, 1.807) is 0 Å². The summed E-state index contributed by atoms with van der Waals surface area (Å²) in [4.78, 5) is 12.3. The normalized spacial score (nSPS) is 12.0. The molecule has 0 aromatic heterocycles. The quantitative estimate of drug-likeness (QED) is 0.893. The topological polar surface area (TPSA) is 29.1 Å². The lowest BCUT2D eigenvalue weighted by molar-refractivity contribution is -0.121. The van der Waals surface area contributed by atoms with Crippen LogP contribution in [0.2, 0.25) is 0 Å². The molecule has 22 heavy (non-hydrogen) atoms. The summed E-state index contributed by atoms with van der Waals surface area (Å²) in [5.74, 6) is 0.0689. The molecule has 0 bridgehead atoms. The molecule has 0 radical (unpaired) electrons. The Morgan fingerprint density at radius 2 is 1.55 bits per heavy atom. The number of hydrogen-bond acceptors (Lipinski definition) is 1. The summed E-state index contributed by atoms with van der Waals surface area (Å²) in [7, 11) is 0. The summed E-state index contributed by atoms with van der Waals surface area (Å²) in [6, 6.07) is 12.6. The smallest absolute Gasteiger partial charge is 0.224 e. The zero-order valence-corrected chi connectivity index (χ0v) is 14.2. The summed E-state index contributed by atoms with van der Waals surface area (Å²) in [5.41, 5.74) is 7.14. The van der Waals surface area contributed by atoms with E-state index in [0.717, 1.165) is 5.56 Å². The van der Waals surface area contributed by atoms with Crippen molar-refractivity contribution in [2.24, 2.45) is 0 Å². The largest absolute Gasteiger partial charge is 0.349 e. The molecule has 0 saturated carbocycles. The molecular formula is C20H25NO. The van der Waals surface area contributed by atoms with E-state index in [2.05, 4.69) is 63.3 Å². The van der Waals surface area contributed by atoms with Crippen molar-refractivity contribution in [1.82, 2.24) is 5.32 Å². The molecule has 2 rings (SSSR count). The standard InChI is InChI=1S/C20H25NO/c1-13-6-8-18(15(3)10-13)12-20(22)21-17(5)19-9-7-14(2)11-16(19)4/h6-11,17H,12H2,1-5H3,(H,21,22)/t17-/m1/s1. The summed E-state index contributed by atoms with van der Waals surface area (Å²) < 4.78 is 0. The Hall–Kier alpha value is -2.09. The minimum absolute atomic E-state index is 0.0267. The van der Waals surface area contributed by atoms with Crippen molar-refractivity contribution < 1.29 is 4.79 Å². The third kappa shape index (κ3) is 3.97. The van der Waals surface area contributed by atoms with Crippen molar-refractivity contribution in [3.05, 3.63) is 69.8 Å². The Balaban J connectivity index is 2.05. The van der Waals surface area contributed by atoms with Crippen LogP contribution in [0.25, 0.3) is 0 Å². The average Bonchev–Trinajstić information content (AvgIpc) is 2.41. The van der Waals surface area contributed by atoms with Crippen LogP contribution in [0.15, 0.2) is 36.4 Å². The monoisotopic (exact) mass is 295 g/mol. The average molecular weight is 295 g/mol. The van der Waals surface area contributed by atoms with Gasteiger partial charge in [-0.05, 0) is 56.9 Å². The van der Waals surface area contributed by atoms with Crippen LogP contribution in [0.1, 0.15) is 46.3 Å². The Morgan fingerprint density at radius 3 is 2.14 bits per heavy atom. The third-order valence-electron chi connectivity index (χ3n) is 4.12. The number of rotatable bonds is 4. The highest BCUT2D eigenvalue weighted by atomic mass is 16.1. The molecule has 0 unspecified atom stereocenters. The fraction of sp³-hybridized carbons (Fsp3) is 0.350. The van der Waals surface area contributed by atoms with Crippen molar-refractivity contribution in [3.8, 4) is 0 Å². The molecule has 116 valence electrons. The van der Waals surface area contributed by atoms with Gasteiger partial charge in [0.15, 0.2) is 0 Å². The first-order valence-electron chi connectivity index (χ1n) is 7.79. The Morgan fingerprint density at radius 1 is 0.955 bits per heavy atom. The molecule has 0 heterocycles. The van der Waals surface area contributed by atoms with Crippen molar-refractivity contribution >= 4 is 5.91 Å². The van der Waals surface area contributed by atoms with Crippen LogP contribution >= 0.6 is 0 Å². The van der Waals surface area contributed by atoms with Crippen molar-refractivity contribution in [2.45, 2.75) is 47.1 Å². The summed E-state index contributed by atoms with van der Waals surface area (Å²) in [5, 5.41) is 3.11. The molecule has 1 atom stereocenters. The van der Waals surface area contributed by atoms with E-state index in [-0.39, 0.29) is 11.9 Å². The van der Waals surface area contributed by atoms with E-state index in [1.807, 2.05) is 13.0 Å². The van der Waals surface area contributed by atoms with Gasteiger partial charge in [-0.3, -0.25) is 4.79 Å². The molecule has 2 nitrogen and oxygen atoms in total. The van der Waals surface area contributed by atoms with E-state index in [0.29, 0.717) is 6.42 Å². The SMILES string of the molecule is Cc1ccc(CC(=O)N[C@H](C)c2ccc(C)cc2C)c(C)c1. The van der Waals surface area contributed by atoms with E-state index < -0.39 is 0 Å². The second-order valence-electron chi connectivity index (χ2n) is 6.26. The number of carbonyl (C=O) groups excluding carboxylic acids is 1. The second-order valence-corrected chi connectivity index (χ2v) is 6.26. The van der Waals surface area contributed by atoms with Gasteiger partial charge in [-0.25, -0.2) is 0 Å². The van der Waals surface area contributed by atoms with Gasteiger partial charge in [0.05, 0.1) is 12.5 Å². The Kier molecular flexibility index (Phi) is 5.02. The predicted molar refractivity (Wildman–Crippen MR) is 92.1 cm³/mol. The zero-order valence-electron chi connectivity index (χ0n) is 14.2. The Labute approximate surface area is 133 Å². The summed E-state index contributed by atoms with van der Waals surface area (Å²) >= 11 is 0. The predicted octanol–water partition coefficient (Wildman–Crippen LogP) is 4.34. The molecule has 2 aromatic rings. The molecular weight excluding hydrogens is 270 g/mol. The van der Waals surface area contributed by atoms with E-state index in [4.69, 9.17) is 0 Å². The molecule has 1 N–H and O–H groups in total. The molecule has 2 aromatic carbocycles. The summed E-state index contributed by atoms with van der Waals surface area (Å²) in [6.07, 6.45) is 0.432. The molecule has 0 fully saturated rings. The first-order valence-corrected chi connectivity index (χ1v) is 7.79. The van der Waals surface area contributed by atoms with Crippen molar-refractivity contribution in [1.29, 1.82) is 0 Å². The Bertz CT molecular complexity index is 688. The van der Waals surface area contributed by atoms with Crippen LogP contribution < -0.4 is 5.32 Å². The number of amides is 1. The fourth-order valence-electron chi connectivity index (χ4n) is 2.90. The van der Waals surface area contributed by atoms with Crippen LogP contribution in [0.5, 0.6) is 0 Å². The van der Waals surface area contributed by atoms with Gasteiger partial charge >= 0.3 is 0 Å². The molecule has 0 aliphatic carbocycles. The van der Waals surface area contributed by atoms with E-state index >= 15 is 0 Å². The lowest BCUT2D eigenvalue weighted by Gasteiger charge is -2.17. The van der Waals surface area contributed by atoms with Gasteiger partial charge in [0.2, 0.25) is 5.91 Å². The van der Waals surface area contributed by atoms with Gasteiger partial charge in [0.25, 0.3) is 0 Å². The van der Waals surface area contributed by atoms with E-state index in [1.165, 1.54) is 27.8 Å². The fourth-order valence-corrected chi connectivity index (χ4v) is 2.90. The van der Waals surface area contributed by atoms with Crippen LogP contribution in [0.3, 0.4) is 0 Å². The van der Waals surface area contributed by atoms with Gasteiger partial charge in [-0.1, -0.05) is 47.5 Å². The molecule has 2 heteroatoms. The number of hydrogen-bond donors (Lipinski definition) is 1. The lowest BCUT2D eigenvalue weighted by atomic mass is 9.99. The molecule has 0 aliphatic rings. The van der Waals surface area contributed by atoms with Crippen LogP contribution in [-0.2, 0) is 11.2 Å². The number of carbonyl (C=O) groups is 1. The number of nitrogens with one attached hydrogen (secondary N) is 1. The molecule has 1 amide bonds. The van der Waals surface area contributed by atoms with Gasteiger partial charge in [0.1, 0.15) is 0 Å². The van der Waals surface area contributed by atoms with Gasteiger partial charge in [-0.15, -0.1) is 0 Å².